The summed E-state index contributed by atoms with van der Waals surface area (Å²) in [6.45, 7) is 2.59. The molecule has 1 aliphatic heterocycles. The molecule has 0 bridgehead atoms. The zero-order valence-corrected chi connectivity index (χ0v) is 15.9. The van der Waals surface area contributed by atoms with E-state index in [0.717, 1.165) is 37.9 Å². The van der Waals surface area contributed by atoms with Crippen LogP contribution in [-0.2, 0) is 17.8 Å². The van der Waals surface area contributed by atoms with Gasteiger partial charge in [-0.1, -0.05) is 18.2 Å². The Morgan fingerprint density at radius 1 is 1.30 bits per heavy atom. The molecule has 1 aromatic carbocycles. The van der Waals surface area contributed by atoms with Crippen molar-refractivity contribution >= 4 is 22.9 Å². The lowest BCUT2D eigenvalue weighted by Crippen LogP contribution is -2.39. The molecule has 0 radical (unpaired) electrons. The van der Waals surface area contributed by atoms with Crippen LogP contribution in [0.15, 0.2) is 41.1 Å². The maximum atomic E-state index is 13.2. The lowest BCUT2D eigenvalue weighted by atomic mass is 9.93. The monoisotopic (exact) mass is 385 g/mol. The highest BCUT2D eigenvalue weighted by Crippen LogP contribution is 2.56. The number of hydrogen-bond acceptors (Lipinski definition) is 5. The first-order valence-electron chi connectivity index (χ1n) is 9.33. The molecule has 1 aromatic heterocycles. The van der Waals surface area contributed by atoms with Gasteiger partial charge in [-0.25, -0.2) is 0 Å². The van der Waals surface area contributed by atoms with E-state index in [1.165, 1.54) is 6.07 Å². The number of nitrogens with zero attached hydrogens (tertiary/aromatic N) is 2. The van der Waals surface area contributed by atoms with Crippen LogP contribution in [0.1, 0.15) is 30.4 Å². The second kappa shape index (κ2) is 7.40. The van der Waals surface area contributed by atoms with Gasteiger partial charge in [0.2, 0.25) is 5.91 Å². The number of amides is 1. The van der Waals surface area contributed by atoms with Gasteiger partial charge in [-0.15, -0.1) is 0 Å². The highest BCUT2D eigenvalue weighted by atomic mass is 32.1. The number of hydrogen-bond donors (Lipinski definition) is 1. The quantitative estimate of drug-likeness (QED) is 0.611. The summed E-state index contributed by atoms with van der Waals surface area (Å²) in [5.41, 5.74) is 1.88. The molecule has 7 heteroatoms. The third-order valence-electron chi connectivity index (χ3n) is 5.91. The summed E-state index contributed by atoms with van der Waals surface area (Å²) < 4.78 is 0. The van der Waals surface area contributed by atoms with Crippen molar-refractivity contribution in [3.8, 4) is 0 Å². The van der Waals surface area contributed by atoms with Gasteiger partial charge in [0.15, 0.2) is 0 Å². The van der Waals surface area contributed by atoms with Gasteiger partial charge >= 0.3 is 0 Å². The van der Waals surface area contributed by atoms with Crippen molar-refractivity contribution in [2.45, 2.75) is 38.3 Å². The predicted octanol–water partition coefficient (Wildman–Crippen LogP) is 3.37. The van der Waals surface area contributed by atoms with E-state index in [4.69, 9.17) is 0 Å². The maximum Gasteiger partial charge on any atom is 0.273 e. The Morgan fingerprint density at radius 3 is 2.78 bits per heavy atom. The summed E-state index contributed by atoms with van der Waals surface area (Å²) in [4.78, 5) is 26.1. The number of carbonyl (C=O) groups is 1. The van der Waals surface area contributed by atoms with Crippen LogP contribution < -0.4 is 5.32 Å². The van der Waals surface area contributed by atoms with Crippen molar-refractivity contribution < 1.29 is 9.72 Å². The molecule has 2 heterocycles. The molecule has 1 N–H and O–H groups in total. The minimum atomic E-state index is -0.406. The summed E-state index contributed by atoms with van der Waals surface area (Å²) in [6.07, 6.45) is 3.31. The van der Waals surface area contributed by atoms with Crippen LogP contribution >= 0.6 is 11.3 Å². The Bertz CT molecular complexity index is 831. The maximum absolute atomic E-state index is 13.2. The first kappa shape index (κ1) is 18.1. The van der Waals surface area contributed by atoms with Crippen LogP contribution in [0.4, 0.5) is 5.69 Å². The second-order valence-corrected chi connectivity index (χ2v) is 8.33. The molecule has 4 rings (SSSR count). The Kier molecular flexibility index (Phi) is 4.97. The average molecular weight is 385 g/mol. The smallest absolute Gasteiger partial charge is 0.273 e. The summed E-state index contributed by atoms with van der Waals surface area (Å²) in [5.74, 6) is -0.0177. The SMILES string of the molecule is O=C(Cc1ccccc1[N+](=O)[O-])N(Cc1ccsc1)C1CC12CCNCC2. The predicted molar refractivity (Wildman–Crippen MR) is 105 cm³/mol. The van der Waals surface area contributed by atoms with Gasteiger partial charge in [-0.2, -0.15) is 11.3 Å². The van der Waals surface area contributed by atoms with Crippen molar-refractivity contribution in [3.05, 3.63) is 62.3 Å². The van der Waals surface area contributed by atoms with E-state index < -0.39 is 4.92 Å². The molecule has 1 saturated heterocycles. The van der Waals surface area contributed by atoms with E-state index in [-0.39, 0.29) is 29.5 Å². The van der Waals surface area contributed by atoms with Crippen LogP contribution in [0, 0.1) is 15.5 Å². The van der Waals surface area contributed by atoms with Gasteiger partial charge in [0, 0.05) is 24.2 Å². The Morgan fingerprint density at radius 2 is 2.07 bits per heavy atom. The standard InChI is InChI=1S/C20H23N3O3S/c24-19(11-16-3-1-2-4-17(16)23(25)26)22(13-15-5-10-27-14-15)18-12-20(18)6-8-21-9-7-20/h1-5,10,14,18,21H,6-9,11-13H2. The van der Waals surface area contributed by atoms with E-state index >= 15 is 0 Å². The number of nitro groups is 1. The normalized spacial score (nSPS) is 20.4. The number of benzene rings is 1. The molecule has 2 aromatic rings. The van der Waals surface area contributed by atoms with E-state index in [1.807, 2.05) is 16.3 Å². The number of nitrogens with one attached hydrogen (secondary N) is 1. The van der Waals surface area contributed by atoms with E-state index in [1.54, 1.807) is 29.5 Å². The van der Waals surface area contributed by atoms with Crippen molar-refractivity contribution in [1.29, 1.82) is 0 Å². The van der Waals surface area contributed by atoms with Crippen LogP contribution in [0.5, 0.6) is 0 Å². The fourth-order valence-electron chi connectivity index (χ4n) is 4.28. The minimum Gasteiger partial charge on any atom is -0.334 e. The molecule has 1 aliphatic carbocycles. The molecule has 2 fully saturated rings. The van der Waals surface area contributed by atoms with Gasteiger partial charge in [0.05, 0.1) is 11.3 Å². The summed E-state index contributed by atoms with van der Waals surface area (Å²) in [7, 11) is 0. The van der Waals surface area contributed by atoms with Crippen molar-refractivity contribution in [2.24, 2.45) is 5.41 Å². The summed E-state index contributed by atoms with van der Waals surface area (Å²) in [5, 5.41) is 18.8. The largest absolute Gasteiger partial charge is 0.334 e. The number of thiophene rings is 1. The van der Waals surface area contributed by atoms with Gasteiger partial charge in [0.25, 0.3) is 5.69 Å². The lowest BCUT2D eigenvalue weighted by molar-refractivity contribution is -0.385. The van der Waals surface area contributed by atoms with Crippen molar-refractivity contribution in [1.82, 2.24) is 10.2 Å². The van der Waals surface area contributed by atoms with Crippen molar-refractivity contribution in [3.63, 3.8) is 0 Å². The topological polar surface area (TPSA) is 75.5 Å². The fraction of sp³-hybridized carbons (Fsp3) is 0.450. The van der Waals surface area contributed by atoms with Crippen LogP contribution in [0.3, 0.4) is 0 Å². The number of carbonyl (C=O) groups excluding carboxylic acids is 1. The van der Waals surface area contributed by atoms with Gasteiger partial charge in [-0.3, -0.25) is 14.9 Å². The molecular formula is C20H23N3O3S. The Balaban J connectivity index is 1.55. The van der Waals surface area contributed by atoms with E-state index in [2.05, 4.69) is 10.7 Å². The number of rotatable bonds is 6. The van der Waals surface area contributed by atoms with E-state index in [9.17, 15) is 14.9 Å². The Hall–Kier alpha value is -2.25. The van der Waals surface area contributed by atoms with Crippen LogP contribution in [0.2, 0.25) is 0 Å². The number of para-hydroxylation sites is 1. The average Bonchev–Trinajstić information content (AvgIpc) is 3.10. The first-order valence-corrected chi connectivity index (χ1v) is 10.3. The summed E-state index contributed by atoms with van der Waals surface area (Å²) in [6, 6.07) is 8.84. The molecule has 142 valence electrons. The molecule has 1 unspecified atom stereocenters. The number of piperidine rings is 1. The first-order chi connectivity index (χ1) is 13.1. The fourth-order valence-corrected chi connectivity index (χ4v) is 4.94. The molecule has 6 nitrogen and oxygen atoms in total. The molecular weight excluding hydrogens is 362 g/mol. The highest BCUT2D eigenvalue weighted by molar-refractivity contribution is 7.07. The van der Waals surface area contributed by atoms with Crippen molar-refractivity contribution in [2.75, 3.05) is 13.1 Å². The molecule has 1 spiro atoms. The zero-order chi connectivity index (χ0) is 18.9. The van der Waals surface area contributed by atoms with Crippen LogP contribution in [-0.4, -0.2) is 34.9 Å². The molecule has 1 saturated carbocycles. The highest BCUT2D eigenvalue weighted by Gasteiger charge is 2.57. The van der Waals surface area contributed by atoms with E-state index in [0.29, 0.717) is 12.1 Å². The van der Waals surface area contributed by atoms with Crippen LogP contribution in [0.25, 0.3) is 0 Å². The minimum absolute atomic E-state index is 0.0177. The Labute approximate surface area is 162 Å². The molecule has 1 atom stereocenters. The number of nitro benzene ring substituents is 1. The van der Waals surface area contributed by atoms with Gasteiger partial charge in [-0.05, 0) is 60.2 Å². The molecule has 27 heavy (non-hydrogen) atoms. The zero-order valence-electron chi connectivity index (χ0n) is 15.1. The van der Waals surface area contributed by atoms with Gasteiger partial charge in [0.1, 0.15) is 0 Å². The lowest BCUT2D eigenvalue weighted by Gasteiger charge is -2.29. The third-order valence-corrected chi connectivity index (χ3v) is 6.64. The molecule has 1 amide bonds. The van der Waals surface area contributed by atoms with Gasteiger partial charge < -0.3 is 10.2 Å². The second-order valence-electron chi connectivity index (χ2n) is 7.55. The molecule has 2 aliphatic rings. The third kappa shape index (κ3) is 3.75. The summed E-state index contributed by atoms with van der Waals surface area (Å²) >= 11 is 1.63.